The predicted octanol–water partition coefficient (Wildman–Crippen LogP) is 3.72. The molecule has 0 saturated heterocycles. The summed E-state index contributed by atoms with van der Waals surface area (Å²) in [6, 6.07) is 0. The Morgan fingerprint density at radius 2 is 1.57 bits per heavy atom. The molecule has 1 heterocycles. The van der Waals surface area contributed by atoms with E-state index in [4.69, 9.17) is 0 Å². The van der Waals surface area contributed by atoms with Crippen molar-refractivity contribution >= 4 is 5.91 Å². The third kappa shape index (κ3) is 6.74. The molecule has 5 heteroatoms. The van der Waals surface area contributed by atoms with Gasteiger partial charge < -0.3 is 4.90 Å². The van der Waals surface area contributed by atoms with Crippen molar-refractivity contribution in [2.24, 2.45) is 0 Å². The fraction of sp³-hybridized carbons (Fsp3) is 0.812. The summed E-state index contributed by atoms with van der Waals surface area (Å²) in [6.07, 6.45) is 9.39. The minimum atomic E-state index is -0.0349. The average molecular weight is 294 g/mol. The van der Waals surface area contributed by atoms with Crippen LogP contribution < -0.4 is 0 Å². The van der Waals surface area contributed by atoms with Gasteiger partial charge in [0.15, 0.2) is 0 Å². The van der Waals surface area contributed by atoms with Gasteiger partial charge in [0.25, 0.3) is 5.91 Å². The van der Waals surface area contributed by atoms with Crippen LogP contribution in [0.15, 0.2) is 0 Å². The lowest BCUT2D eigenvalue weighted by Gasteiger charge is -2.21. The van der Waals surface area contributed by atoms with Crippen LogP contribution in [-0.2, 0) is 0 Å². The molecule has 1 N–H and O–H groups in total. The topological polar surface area (TPSA) is 61.9 Å². The molecule has 1 amide bonds. The number of nitrogens with one attached hydrogen (secondary N) is 1. The van der Waals surface area contributed by atoms with Gasteiger partial charge in [-0.2, -0.15) is 0 Å². The molecule has 0 aromatic carbocycles. The Labute approximate surface area is 128 Å². The van der Waals surface area contributed by atoms with E-state index in [9.17, 15) is 4.79 Å². The highest BCUT2D eigenvalue weighted by Gasteiger charge is 2.19. The lowest BCUT2D eigenvalue weighted by atomic mass is 10.1. The van der Waals surface area contributed by atoms with E-state index in [0.717, 1.165) is 25.9 Å². The molecule has 0 atom stereocenters. The monoisotopic (exact) mass is 294 g/mol. The van der Waals surface area contributed by atoms with Gasteiger partial charge in [-0.15, -0.1) is 5.10 Å². The maximum atomic E-state index is 12.5. The molecular formula is C16H30N4O. The molecule has 0 saturated carbocycles. The Kier molecular flexibility index (Phi) is 8.71. The first-order valence-electron chi connectivity index (χ1n) is 8.37. The van der Waals surface area contributed by atoms with Crippen LogP contribution in [0, 0.1) is 6.92 Å². The normalized spacial score (nSPS) is 10.8. The maximum Gasteiger partial charge on any atom is 0.293 e. The molecule has 0 bridgehead atoms. The number of rotatable bonds is 11. The fourth-order valence-corrected chi connectivity index (χ4v) is 2.35. The number of carbonyl (C=O) groups is 1. The van der Waals surface area contributed by atoms with Crippen LogP contribution in [0.5, 0.6) is 0 Å². The summed E-state index contributed by atoms with van der Waals surface area (Å²) in [5.74, 6) is 0.959. The van der Waals surface area contributed by atoms with Crippen LogP contribution in [0.4, 0.5) is 0 Å². The summed E-state index contributed by atoms with van der Waals surface area (Å²) in [5, 5.41) is 6.75. The highest BCUT2D eigenvalue weighted by molar-refractivity contribution is 5.90. The zero-order chi connectivity index (χ0) is 15.5. The number of unbranched alkanes of at least 4 members (excludes halogenated alkanes) is 6. The maximum absolute atomic E-state index is 12.5. The van der Waals surface area contributed by atoms with Crippen molar-refractivity contribution in [2.45, 2.75) is 72.1 Å². The number of amides is 1. The van der Waals surface area contributed by atoms with Gasteiger partial charge in [-0.3, -0.25) is 9.89 Å². The van der Waals surface area contributed by atoms with Gasteiger partial charge in [-0.25, -0.2) is 4.98 Å². The van der Waals surface area contributed by atoms with E-state index >= 15 is 0 Å². The standard InChI is InChI=1S/C16H30N4O/c1-4-6-8-10-12-20(13-11-9-7-5-2)16(21)15-17-14(3)18-19-15/h4-13H2,1-3H3,(H,17,18,19). The molecule has 0 aliphatic heterocycles. The van der Waals surface area contributed by atoms with Crippen LogP contribution in [-0.4, -0.2) is 39.1 Å². The Balaban J connectivity index is 2.50. The van der Waals surface area contributed by atoms with Crippen LogP contribution in [0.3, 0.4) is 0 Å². The highest BCUT2D eigenvalue weighted by atomic mass is 16.2. The molecule has 0 aliphatic carbocycles. The summed E-state index contributed by atoms with van der Waals surface area (Å²) >= 11 is 0. The summed E-state index contributed by atoms with van der Waals surface area (Å²) in [7, 11) is 0. The number of aromatic amines is 1. The molecule has 0 fully saturated rings. The zero-order valence-corrected chi connectivity index (χ0v) is 13.8. The summed E-state index contributed by atoms with van der Waals surface area (Å²) < 4.78 is 0. The minimum Gasteiger partial charge on any atom is -0.336 e. The molecule has 21 heavy (non-hydrogen) atoms. The van der Waals surface area contributed by atoms with Crippen LogP contribution >= 0.6 is 0 Å². The lowest BCUT2D eigenvalue weighted by molar-refractivity contribution is 0.0737. The van der Waals surface area contributed by atoms with Gasteiger partial charge in [0.05, 0.1) is 0 Å². The third-order valence-corrected chi connectivity index (χ3v) is 3.64. The van der Waals surface area contributed by atoms with Crippen molar-refractivity contribution in [3.05, 3.63) is 11.6 Å². The van der Waals surface area contributed by atoms with E-state index < -0.39 is 0 Å². The van der Waals surface area contributed by atoms with E-state index in [0.29, 0.717) is 11.6 Å². The summed E-state index contributed by atoms with van der Waals surface area (Å²) in [6.45, 7) is 7.85. The second kappa shape index (κ2) is 10.4. The molecular weight excluding hydrogens is 264 g/mol. The van der Waals surface area contributed by atoms with E-state index in [1.807, 2.05) is 11.8 Å². The van der Waals surface area contributed by atoms with Crippen LogP contribution in [0.25, 0.3) is 0 Å². The zero-order valence-electron chi connectivity index (χ0n) is 13.8. The molecule has 1 aromatic heterocycles. The quantitative estimate of drug-likeness (QED) is 0.633. The smallest absolute Gasteiger partial charge is 0.293 e. The number of hydrogen-bond donors (Lipinski definition) is 1. The highest BCUT2D eigenvalue weighted by Crippen LogP contribution is 2.08. The number of aromatic nitrogens is 3. The van der Waals surface area contributed by atoms with Crippen molar-refractivity contribution in [3.8, 4) is 0 Å². The first-order valence-corrected chi connectivity index (χ1v) is 8.37. The van der Waals surface area contributed by atoms with Gasteiger partial charge >= 0.3 is 0 Å². The van der Waals surface area contributed by atoms with Gasteiger partial charge in [0, 0.05) is 13.1 Å². The van der Waals surface area contributed by atoms with Crippen molar-refractivity contribution in [3.63, 3.8) is 0 Å². The second-order valence-corrected chi connectivity index (χ2v) is 5.66. The number of H-pyrrole nitrogens is 1. The SMILES string of the molecule is CCCCCCN(CCCCCC)C(=O)c1n[nH]c(C)n1. The van der Waals surface area contributed by atoms with Crippen molar-refractivity contribution in [1.82, 2.24) is 20.1 Å². The Morgan fingerprint density at radius 1 is 1.00 bits per heavy atom. The minimum absolute atomic E-state index is 0.0349. The van der Waals surface area contributed by atoms with Gasteiger partial charge in [-0.1, -0.05) is 52.4 Å². The molecule has 5 nitrogen and oxygen atoms in total. The first-order chi connectivity index (χ1) is 10.2. The Bertz CT molecular complexity index is 391. The largest absolute Gasteiger partial charge is 0.336 e. The van der Waals surface area contributed by atoms with Crippen LogP contribution in [0.2, 0.25) is 0 Å². The van der Waals surface area contributed by atoms with Gasteiger partial charge in [0.2, 0.25) is 5.82 Å². The van der Waals surface area contributed by atoms with Gasteiger partial charge in [0.1, 0.15) is 5.82 Å². The van der Waals surface area contributed by atoms with E-state index in [-0.39, 0.29) is 5.91 Å². The average Bonchev–Trinajstić information content (AvgIpc) is 2.91. The fourth-order valence-electron chi connectivity index (χ4n) is 2.35. The number of nitrogens with zero attached hydrogens (tertiary/aromatic N) is 3. The Morgan fingerprint density at radius 3 is 2.00 bits per heavy atom. The number of hydrogen-bond acceptors (Lipinski definition) is 3. The first kappa shape index (κ1) is 17.7. The van der Waals surface area contributed by atoms with Crippen molar-refractivity contribution < 1.29 is 4.79 Å². The lowest BCUT2D eigenvalue weighted by Crippen LogP contribution is -2.33. The molecule has 1 aromatic rings. The van der Waals surface area contributed by atoms with Gasteiger partial charge in [-0.05, 0) is 19.8 Å². The van der Waals surface area contributed by atoms with E-state index in [2.05, 4.69) is 29.0 Å². The second-order valence-electron chi connectivity index (χ2n) is 5.66. The number of carbonyl (C=O) groups excluding carboxylic acids is 1. The molecule has 0 unspecified atom stereocenters. The summed E-state index contributed by atoms with van der Waals surface area (Å²) in [5.41, 5.74) is 0. The van der Waals surface area contributed by atoms with Crippen molar-refractivity contribution in [2.75, 3.05) is 13.1 Å². The predicted molar refractivity (Wildman–Crippen MR) is 85.3 cm³/mol. The molecule has 0 radical (unpaired) electrons. The van der Waals surface area contributed by atoms with E-state index in [1.54, 1.807) is 0 Å². The Hall–Kier alpha value is -1.39. The molecule has 1 rings (SSSR count). The number of aryl methyl sites for hydroxylation is 1. The molecule has 0 aliphatic rings. The van der Waals surface area contributed by atoms with Crippen molar-refractivity contribution in [1.29, 1.82) is 0 Å². The third-order valence-electron chi connectivity index (χ3n) is 3.64. The molecule has 120 valence electrons. The molecule has 0 spiro atoms. The summed E-state index contributed by atoms with van der Waals surface area (Å²) in [4.78, 5) is 18.6. The van der Waals surface area contributed by atoms with Crippen LogP contribution in [0.1, 0.15) is 81.7 Å². The van der Waals surface area contributed by atoms with E-state index in [1.165, 1.54) is 38.5 Å².